The van der Waals surface area contributed by atoms with Gasteiger partial charge in [0.05, 0.1) is 0 Å². The topological polar surface area (TPSA) is 66.8 Å². The Kier molecular flexibility index (Phi) is 2.89. The Morgan fingerprint density at radius 3 is 2.38 bits per heavy atom. The Labute approximate surface area is 92.3 Å². The van der Waals surface area contributed by atoms with Crippen molar-refractivity contribution in [2.75, 3.05) is 0 Å². The van der Waals surface area contributed by atoms with Crippen LogP contribution in [0.2, 0.25) is 0 Å². The summed E-state index contributed by atoms with van der Waals surface area (Å²) in [7, 11) is -1.87. The molecule has 80 valence electrons. The lowest BCUT2D eigenvalue weighted by molar-refractivity contribution is 0.112. The molecule has 2 rings (SSSR count). The van der Waals surface area contributed by atoms with Gasteiger partial charge in [-0.15, -0.1) is 0 Å². The predicted molar refractivity (Wildman–Crippen MR) is 60.2 cm³/mol. The normalized spacial score (nSPS) is 10.1. The summed E-state index contributed by atoms with van der Waals surface area (Å²) in [5.74, 6) is 0.330. The van der Waals surface area contributed by atoms with Gasteiger partial charge in [-0.1, -0.05) is 24.3 Å². The van der Waals surface area contributed by atoms with Gasteiger partial charge in [-0.2, -0.15) is 0 Å². The van der Waals surface area contributed by atoms with E-state index in [1.807, 2.05) is 0 Å². The fraction of sp³-hybridized carbons (Fsp3) is 0. The van der Waals surface area contributed by atoms with Crippen molar-refractivity contribution in [3.05, 3.63) is 42.0 Å². The van der Waals surface area contributed by atoms with Crippen molar-refractivity contribution >= 4 is 24.4 Å². The van der Waals surface area contributed by atoms with Crippen LogP contribution in [-0.2, 0) is 0 Å². The minimum Gasteiger partial charge on any atom is -0.512 e. The van der Waals surface area contributed by atoms with E-state index in [0.717, 1.165) is 11.7 Å². The molecule has 0 atom stereocenters. The van der Waals surface area contributed by atoms with E-state index in [2.05, 4.69) is 0 Å². The van der Waals surface area contributed by atoms with Crippen LogP contribution < -0.4 is 4.65 Å². The molecule has 2 N–H and O–H groups in total. The predicted octanol–water partition coefficient (Wildman–Crippen LogP) is 1.00. The van der Waals surface area contributed by atoms with E-state index in [1.165, 1.54) is 6.07 Å². The zero-order chi connectivity index (χ0) is 11.5. The van der Waals surface area contributed by atoms with Crippen molar-refractivity contribution < 1.29 is 19.5 Å². The molecule has 0 radical (unpaired) electrons. The van der Waals surface area contributed by atoms with Gasteiger partial charge < -0.3 is 14.7 Å². The van der Waals surface area contributed by atoms with Gasteiger partial charge in [0.15, 0.2) is 6.29 Å². The third-order valence-electron chi connectivity index (χ3n) is 2.28. The molecule has 0 amide bonds. The third kappa shape index (κ3) is 1.91. The van der Waals surface area contributed by atoms with Crippen LogP contribution in [0.4, 0.5) is 0 Å². The number of hydrogen-bond donors (Lipinski definition) is 2. The molecule has 2 aromatic carbocycles. The van der Waals surface area contributed by atoms with Gasteiger partial charge in [-0.25, -0.2) is 0 Å². The zero-order valence-corrected chi connectivity index (χ0v) is 8.33. The van der Waals surface area contributed by atoms with Gasteiger partial charge in [0.25, 0.3) is 0 Å². The highest BCUT2D eigenvalue weighted by Crippen LogP contribution is 2.27. The maximum atomic E-state index is 10.8. The van der Waals surface area contributed by atoms with E-state index in [9.17, 15) is 4.79 Å². The molecule has 0 heterocycles. The molecule has 0 saturated heterocycles. The minimum absolute atomic E-state index is 0.330. The monoisotopic (exact) mass is 216 g/mol. The van der Waals surface area contributed by atoms with E-state index < -0.39 is 7.32 Å². The Bertz CT molecular complexity index is 524. The minimum atomic E-state index is -1.87. The van der Waals surface area contributed by atoms with Crippen LogP contribution in [0.25, 0.3) is 10.8 Å². The van der Waals surface area contributed by atoms with Gasteiger partial charge in [-0.3, -0.25) is 4.79 Å². The highest BCUT2D eigenvalue weighted by Gasteiger charge is 2.14. The standard InChI is InChI=1S/C11H9BO4/c13-7-8-5-6-11(16-12(14)15)10-4-2-1-3-9(8)10/h1-7,14-15H. The quantitative estimate of drug-likeness (QED) is 0.593. The van der Waals surface area contributed by atoms with Gasteiger partial charge in [0.1, 0.15) is 5.75 Å². The molecule has 0 spiro atoms. The maximum Gasteiger partial charge on any atom is 0.707 e. The number of hydrogen-bond acceptors (Lipinski definition) is 4. The zero-order valence-electron chi connectivity index (χ0n) is 8.33. The van der Waals surface area contributed by atoms with E-state index in [0.29, 0.717) is 16.7 Å². The van der Waals surface area contributed by atoms with Crippen molar-refractivity contribution in [2.24, 2.45) is 0 Å². The average molecular weight is 216 g/mol. The molecule has 0 aliphatic heterocycles. The van der Waals surface area contributed by atoms with Crippen molar-refractivity contribution in [3.8, 4) is 5.75 Å². The Hall–Kier alpha value is -1.85. The molecule has 0 saturated carbocycles. The number of carbonyl (C=O) groups excluding carboxylic acids is 1. The molecule has 0 unspecified atom stereocenters. The summed E-state index contributed by atoms with van der Waals surface area (Å²) < 4.78 is 4.82. The number of carbonyl (C=O) groups is 1. The highest BCUT2D eigenvalue weighted by atomic mass is 16.6. The second kappa shape index (κ2) is 4.34. The molecule has 0 aromatic heterocycles. The van der Waals surface area contributed by atoms with E-state index in [1.54, 1.807) is 30.3 Å². The van der Waals surface area contributed by atoms with E-state index in [-0.39, 0.29) is 0 Å². The first kappa shape index (κ1) is 10.7. The van der Waals surface area contributed by atoms with Gasteiger partial charge in [0, 0.05) is 10.9 Å². The summed E-state index contributed by atoms with van der Waals surface area (Å²) in [6.45, 7) is 0. The summed E-state index contributed by atoms with van der Waals surface area (Å²) >= 11 is 0. The average Bonchev–Trinajstić information content (AvgIpc) is 2.29. The largest absolute Gasteiger partial charge is 0.707 e. The van der Waals surface area contributed by atoms with Crippen LogP contribution in [0.1, 0.15) is 10.4 Å². The molecule has 5 heteroatoms. The van der Waals surface area contributed by atoms with E-state index in [4.69, 9.17) is 14.7 Å². The molecule has 2 aromatic rings. The number of rotatable bonds is 3. The summed E-state index contributed by atoms with van der Waals surface area (Å²) in [4.78, 5) is 10.8. The van der Waals surface area contributed by atoms with Crippen molar-refractivity contribution in [1.29, 1.82) is 0 Å². The summed E-state index contributed by atoms with van der Waals surface area (Å²) in [5.41, 5.74) is 0.537. The first-order valence-corrected chi connectivity index (χ1v) is 4.72. The van der Waals surface area contributed by atoms with Crippen LogP contribution in [0, 0.1) is 0 Å². The second-order valence-electron chi connectivity index (χ2n) is 3.26. The highest BCUT2D eigenvalue weighted by molar-refractivity contribution is 6.34. The van der Waals surface area contributed by atoms with Crippen LogP contribution in [0.5, 0.6) is 5.75 Å². The number of aldehydes is 1. The Morgan fingerprint density at radius 2 is 1.75 bits per heavy atom. The van der Waals surface area contributed by atoms with Gasteiger partial charge in [-0.05, 0) is 17.5 Å². The Morgan fingerprint density at radius 1 is 1.06 bits per heavy atom. The van der Waals surface area contributed by atoms with Crippen LogP contribution >= 0.6 is 0 Å². The lowest BCUT2D eigenvalue weighted by Gasteiger charge is -2.09. The van der Waals surface area contributed by atoms with Crippen LogP contribution in [0.3, 0.4) is 0 Å². The molecular formula is C11H9BO4. The third-order valence-corrected chi connectivity index (χ3v) is 2.28. The van der Waals surface area contributed by atoms with Gasteiger partial charge in [0.2, 0.25) is 0 Å². The second-order valence-corrected chi connectivity index (χ2v) is 3.26. The van der Waals surface area contributed by atoms with Gasteiger partial charge >= 0.3 is 7.32 Å². The van der Waals surface area contributed by atoms with Crippen LogP contribution in [-0.4, -0.2) is 23.7 Å². The van der Waals surface area contributed by atoms with E-state index >= 15 is 0 Å². The number of fused-ring (bicyclic) bond motifs is 1. The SMILES string of the molecule is O=Cc1ccc(OB(O)O)c2ccccc12. The first-order chi connectivity index (χ1) is 7.72. The lowest BCUT2D eigenvalue weighted by atomic mass is 10.0. The fourth-order valence-electron chi connectivity index (χ4n) is 1.61. The lowest BCUT2D eigenvalue weighted by Crippen LogP contribution is -2.20. The summed E-state index contributed by atoms with van der Waals surface area (Å²) in [6, 6.07) is 10.2. The molecule has 4 nitrogen and oxygen atoms in total. The van der Waals surface area contributed by atoms with Crippen molar-refractivity contribution in [1.82, 2.24) is 0 Å². The molecule has 0 aliphatic rings. The molecule has 0 aliphatic carbocycles. The smallest absolute Gasteiger partial charge is 0.512 e. The molecule has 16 heavy (non-hydrogen) atoms. The van der Waals surface area contributed by atoms with Crippen molar-refractivity contribution in [2.45, 2.75) is 0 Å². The van der Waals surface area contributed by atoms with Crippen LogP contribution in [0.15, 0.2) is 36.4 Å². The summed E-state index contributed by atoms with van der Waals surface area (Å²) in [6.07, 6.45) is 0.751. The molecular weight excluding hydrogens is 207 g/mol. The molecule has 0 bridgehead atoms. The maximum absolute atomic E-state index is 10.8. The Balaban J connectivity index is 2.64. The van der Waals surface area contributed by atoms with Crippen molar-refractivity contribution in [3.63, 3.8) is 0 Å². The fourth-order valence-corrected chi connectivity index (χ4v) is 1.61. The first-order valence-electron chi connectivity index (χ1n) is 4.72. The number of benzene rings is 2. The molecule has 0 fully saturated rings. The summed E-state index contributed by atoms with van der Waals surface area (Å²) in [5, 5.41) is 18.9.